The quantitative estimate of drug-likeness (QED) is 0.770. The number of carbonyl (C=O) groups excluding carboxylic acids is 1. The third kappa shape index (κ3) is 6.13. The van der Waals surface area contributed by atoms with Crippen LogP contribution in [-0.2, 0) is 20.9 Å². The fraction of sp³-hybridized carbons (Fsp3) is 0.500. The van der Waals surface area contributed by atoms with Crippen molar-refractivity contribution >= 4 is 12.1 Å². The molecular formula is C16H23NO5. The first-order valence-electron chi connectivity index (χ1n) is 7.16. The topological polar surface area (TPSA) is 84.9 Å². The van der Waals surface area contributed by atoms with Gasteiger partial charge in [0.2, 0.25) is 0 Å². The summed E-state index contributed by atoms with van der Waals surface area (Å²) in [6.45, 7) is 3.96. The van der Waals surface area contributed by atoms with Crippen LogP contribution in [0.5, 0.6) is 0 Å². The van der Waals surface area contributed by atoms with Gasteiger partial charge in [-0.3, -0.25) is 0 Å². The number of benzene rings is 1. The third-order valence-electron chi connectivity index (χ3n) is 3.32. The van der Waals surface area contributed by atoms with Crippen LogP contribution < -0.4 is 5.32 Å². The van der Waals surface area contributed by atoms with E-state index in [9.17, 15) is 14.7 Å². The average Bonchev–Trinajstić information content (AvgIpc) is 2.49. The van der Waals surface area contributed by atoms with Crippen LogP contribution in [0.3, 0.4) is 0 Å². The molecule has 1 amide bonds. The molecule has 122 valence electrons. The van der Waals surface area contributed by atoms with Crippen LogP contribution in [0.15, 0.2) is 30.3 Å². The standard InChI is InChI=1S/C16H23NO5/c1-11(2)14(21-3)9-13(15(18)19)17-16(20)22-10-12-7-5-4-6-8-12/h4-8,11,13-14H,9-10H2,1-3H3,(H,17,20)(H,18,19). The van der Waals surface area contributed by atoms with E-state index in [1.54, 1.807) is 0 Å². The number of hydrogen-bond acceptors (Lipinski definition) is 4. The Hall–Kier alpha value is -2.08. The van der Waals surface area contributed by atoms with Crippen molar-refractivity contribution in [2.75, 3.05) is 7.11 Å². The van der Waals surface area contributed by atoms with Gasteiger partial charge in [0.15, 0.2) is 0 Å². The van der Waals surface area contributed by atoms with Gasteiger partial charge < -0.3 is 19.9 Å². The average molecular weight is 309 g/mol. The Morgan fingerprint density at radius 3 is 2.36 bits per heavy atom. The second-order valence-electron chi connectivity index (χ2n) is 5.35. The van der Waals surface area contributed by atoms with Gasteiger partial charge in [-0.15, -0.1) is 0 Å². The summed E-state index contributed by atoms with van der Waals surface area (Å²) in [5.41, 5.74) is 0.835. The molecule has 0 heterocycles. The van der Waals surface area contributed by atoms with Crippen molar-refractivity contribution in [3.05, 3.63) is 35.9 Å². The van der Waals surface area contributed by atoms with Gasteiger partial charge in [0.1, 0.15) is 12.6 Å². The van der Waals surface area contributed by atoms with E-state index in [4.69, 9.17) is 9.47 Å². The summed E-state index contributed by atoms with van der Waals surface area (Å²) in [5.74, 6) is -0.964. The number of carboxylic acids is 1. The molecule has 0 spiro atoms. The number of nitrogens with one attached hydrogen (secondary N) is 1. The maximum Gasteiger partial charge on any atom is 0.408 e. The van der Waals surface area contributed by atoms with Crippen molar-refractivity contribution in [3.8, 4) is 0 Å². The lowest BCUT2D eigenvalue weighted by Gasteiger charge is -2.23. The first-order valence-corrected chi connectivity index (χ1v) is 7.16. The SMILES string of the molecule is COC(CC(NC(=O)OCc1ccccc1)C(=O)O)C(C)C. The van der Waals surface area contributed by atoms with E-state index >= 15 is 0 Å². The molecule has 1 aromatic rings. The molecule has 0 fully saturated rings. The monoisotopic (exact) mass is 309 g/mol. The van der Waals surface area contributed by atoms with E-state index in [1.165, 1.54) is 7.11 Å². The lowest BCUT2D eigenvalue weighted by molar-refractivity contribution is -0.140. The van der Waals surface area contributed by atoms with Crippen LogP contribution in [0.4, 0.5) is 4.79 Å². The Bertz CT molecular complexity index is 475. The number of rotatable bonds is 8. The lowest BCUT2D eigenvalue weighted by Crippen LogP contribution is -2.44. The highest BCUT2D eigenvalue weighted by Gasteiger charge is 2.26. The molecule has 0 aliphatic heterocycles. The number of ether oxygens (including phenoxy) is 2. The minimum atomic E-state index is -1.11. The molecule has 0 aliphatic rings. The van der Waals surface area contributed by atoms with Crippen LogP contribution in [0.25, 0.3) is 0 Å². The summed E-state index contributed by atoms with van der Waals surface area (Å²) in [6.07, 6.45) is -0.824. The second kappa shape index (κ2) is 9.04. The third-order valence-corrected chi connectivity index (χ3v) is 3.32. The number of methoxy groups -OCH3 is 1. The number of carbonyl (C=O) groups is 2. The molecule has 2 unspecified atom stereocenters. The predicted molar refractivity (Wildman–Crippen MR) is 81.4 cm³/mol. The molecule has 2 N–H and O–H groups in total. The summed E-state index contributed by atoms with van der Waals surface area (Å²) >= 11 is 0. The maximum atomic E-state index is 11.7. The van der Waals surface area contributed by atoms with Crippen LogP contribution >= 0.6 is 0 Å². The summed E-state index contributed by atoms with van der Waals surface area (Å²) in [7, 11) is 1.53. The highest BCUT2D eigenvalue weighted by molar-refractivity contribution is 5.79. The molecule has 2 atom stereocenters. The largest absolute Gasteiger partial charge is 0.480 e. The number of alkyl carbamates (subject to hydrolysis) is 1. The van der Waals surface area contributed by atoms with E-state index < -0.39 is 18.1 Å². The predicted octanol–water partition coefficient (Wildman–Crippen LogP) is 2.43. The van der Waals surface area contributed by atoms with Gasteiger partial charge in [-0.2, -0.15) is 0 Å². The van der Waals surface area contributed by atoms with Crippen molar-refractivity contribution in [3.63, 3.8) is 0 Å². The summed E-state index contributed by atoms with van der Waals surface area (Å²) in [5, 5.41) is 11.6. The first-order chi connectivity index (χ1) is 10.4. The van der Waals surface area contributed by atoms with Crippen molar-refractivity contribution in [2.24, 2.45) is 5.92 Å². The Morgan fingerprint density at radius 2 is 1.86 bits per heavy atom. The molecule has 0 saturated carbocycles. The van der Waals surface area contributed by atoms with Gasteiger partial charge in [-0.1, -0.05) is 44.2 Å². The summed E-state index contributed by atoms with van der Waals surface area (Å²) in [4.78, 5) is 23.0. The van der Waals surface area contributed by atoms with E-state index in [1.807, 2.05) is 44.2 Å². The van der Waals surface area contributed by atoms with Gasteiger partial charge in [-0.25, -0.2) is 9.59 Å². The number of aliphatic carboxylic acids is 1. The second-order valence-corrected chi connectivity index (χ2v) is 5.35. The zero-order valence-electron chi connectivity index (χ0n) is 13.1. The van der Waals surface area contributed by atoms with Gasteiger partial charge in [0.05, 0.1) is 6.10 Å². The van der Waals surface area contributed by atoms with E-state index in [0.717, 1.165) is 5.56 Å². The van der Waals surface area contributed by atoms with Gasteiger partial charge in [0.25, 0.3) is 0 Å². The molecular weight excluding hydrogens is 286 g/mol. The molecule has 0 radical (unpaired) electrons. The fourth-order valence-electron chi connectivity index (χ4n) is 2.00. The highest BCUT2D eigenvalue weighted by atomic mass is 16.5. The minimum absolute atomic E-state index is 0.0941. The molecule has 0 aromatic heterocycles. The van der Waals surface area contributed by atoms with E-state index in [2.05, 4.69) is 5.32 Å². The normalized spacial score (nSPS) is 13.5. The lowest BCUT2D eigenvalue weighted by atomic mass is 9.99. The minimum Gasteiger partial charge on any atom is -0.480 e. The Kier molecular flexibility index (Phi) is 7.39. The number of amides is 1. The Morgan fingerprint density at radius 1 is 1.23 bits per heavy atom. The highest BCUT2D eigenvalue weighted by Crippen LogP contribution is 2.13. The van der Waals surface area contributed by atoms with Gasteiger partial charge >= 0.3 is 12.1 Å². The molecule has 6 nitrogen and oxygen atoms in total. The summed E-state index contributed by atoms with van der Waals surface area (Å²) < 4.78 is 10.3. The van der Waals surface area contributed by atoms with E-state index in [0.29, 0.717) is 0 Å². The number of carboxylic acid groups (broad SMARTS) is 1. The molecule has 1 aromatic carbocycles. The molecule has 6 heteroatoms. The zero-order valence-corrected chi connectivity index (χ0v) is 13.1. The molecule has 0 aliphatic carbocycles. The maximum absolute atomic E-state index is 11.7. The van der Waals surface area contributed by atoms with E-state index in [-0.39, 0.29) is 25.0 Å². The Labute approximate surface area is 130 Å². The van der Waals surface area contributed by atoms with Crippen LogP contribution in [0, 0.1) is 5.92 Å². The van der Waals surface area contributed by atoms with Gasteiger partial charge in [-0.05, 0) is 11.5 Å². The fourth-order valence-corrected chi connectivity index (χ4v) is 2.00. The molecule has 0 bridgehead atoms. The van der Waals surface area contributed by atoms with Crippen molar-refractivity contribution in [2.45, 2.75) is 39.0 Å². The Balaban J connectivity index is 2.52. The van der Waals surface area contributed by atoms with Crippen LogP contribution in [0.2, 0.25) is 0 Å². The van der Waals surface area contributed by atoms with Crippen LogP contribution in [-0.4, -0.2) is 36.4 Å². The zero-order chi connectivity index (χ0) is 16.5. The molecule has 0 saturated heterocycles. The van der Waals surface area contributed by atoms with Gasteiger partial charge in [0, 0.05) is 13.5 Å². The van der Waals surface area contributed by atoms with Crippen molar-refractivity contribution in [1.29, 1.82) is 0 Å². The smallest absolute Gasteiger partial charge is 0.408 e. The van der Waals surface area contributed by atoms with Crippen LogP contribution in [0.1, 0.15) is 25.8 Å². The molecule has 1 rings (SSSR count). The van der Waals surface area contributed by atoms with Crippen molar-refractivity contribution < 1.29 is 24.2 Å². The number of hydrogen-bond donors (Lipinski definition) is 2. The molecule has 22 heavy (non-hydrogen) atoms. The first kappa shape index (κ1) is 18.0. The summed E-state index contributed by atoms with van der Waals surface area (Å²) in [6, 6.07) is 8.13. The van der Waals surface area contributed by atoms with Crippen molar-refractivity contribution in [1.82, 2.24) is 5.32 Å².